The fraction of sp³-hybridized carbons (Fsp3) is 0.545. The van der Waals surface area contributed by atoms with E-state index in [1.165, 1.54) is 9.75 Å². The molecular weight excluding hydrogens is 180 g/mol. The lowest BCUT2D eigenvalue weighted by atomic mass is 10.1. The lowest BCUT2D eigenvalue weighted by Gasteiger charge is -2.01. The van der Waals surface area contributed by atoms with Crippen molar-refractivity contribution in [3.8, 4) is 0 Å². The molecule has 1 nitrogen and oxygen atoms in total. The Hall–Kier alpha value is -0.630. The standard InChI is InChI=1S/C11H16OS/c1-7(2)10-5-9(6-12)11(13-10)8(3)4/h5-8H,1-4H3. The normalized spacial score (nSPS) is 11.2. The van der Waals surface area contributed by atoms with E-state index in [0.29, 0.717) is 11.8 Å². The van der Waals surface area contributed by atoms with Gasteiger partial charge in [0.15, 0.2) is 6.29 Å². The molecule has 0 saturated carbocycles. The average Bonchev–Trinajstić information content (AvgIpc) is 2.47. The van der Waals surface area contributed by atoms with Gasteiger partial charge in [-0.3, -0.25) is 4.79 Å². The Morgan fingerprint density at radius 3 is 2.15 bits per heavy atom. The topological polar surface area (TPSA) is 17.1 Å². The quantitative estimate of drug-likeness (QED) is 0.672. The second kappa shape index (κ2) is 4.05. The molecule has 0 saturated heterocycles. The molecular formula is C11H16OS. The van der Waals surface area contributed by atoms with Crippen molar-refractivity contribution >= 4 is 17.6 Å². The molecule has 2 heteroatoms. The van der Waals surface area contributed by atoms with Crippen LogP contribution in [-0.4, -0.2) is 6.29 Å². The van der Waals surface area contributed by atoms with Crippen LogP contribution < -0.4 is 0 Å². The smallest absolute Gasteiger partial charge is 0.151 e. The molecule has 1 rings (SSSR count). The number of carbonyl (C=O) groups is 1. The summed E-state index contributed by atoms with van der Waals surface area (Å²) in [4.78, 5) is 13.3. The van der Waals surface area contributed by atoms with Gasteiger partial charge in [0.2, 0.25) is 0 Å². The molecule has 0 unspecified atom stereocenters. The summed E-state index contributed by atoms with van der Waals surface area (Å²) in [6, 6.07) is 2.03. The van der Waals surface area contributed by atoms with E-state index in [-0.39, 0.29) is 0 Å². The first-order valence-electron chi connectivity index (χ1n) is 4.65. The fourth-order valence-electron chi connectivity index (χ4n) is 1.27. The molecule has 0 bridgehead atoms. The molecule has 0 amide bonds. The van der Waals surface area contributed by atoms with Gasteiger partial charge < -0.3 is 0 Å². The van der Waals surface area contributed by atoms with Gasteiger partial charge in [-0.15, -0.1) is 11.3 Å². The third-order valence-electron chi connectivity index (χ3n) is 2.03. The van der Waals surface area contributed by atoms with Gasteiger partial charge in [-0.05, 0) is 17.9 Å². The van der Waals surface area contributed by atoms with E-state index in [0.717, 1.165) is 11.8 Å². The largest absolute Gasteiger partial charge is 0.298 e. The number of hydrogen-bond donors (Lipinski definition) is 0. The second-order valence-electron chi connectivity index (χ2n) is 3.90. The van der Waals surface area contributed by atoms with E-state index in [1.54, 1.807) is 11.3 Å². The van der Waals surface area contributed by atoms with Gasteiger partial charge in [0.05, 0.1) is 0 Å². The van der Waals surface area contributed by atoms with E-state index in [2.05, 4.69) is 27.7 Å². The molecule has 0 aliphatic heterocycles. The van der Waals surface area contributed by atoms with Crippen molar-refractivity contribution in [2.75, 3.05) is 0 Å². The Morgan fingerprint density at radius 1 is 1.23 bits per heavy atom. The van der Waals surface area contributed by atoms with E-state index < -0.39 is 0 Å². The van der Waals surface area contributed by atoms with Crippen LogP contribution in [0.15, 0.2) is 6.07 Å². The minimum atomic E-state index is 0.456. The molecule has 72 valence electrons. The van der Waals surface area contributed by atoms with Crippen molar-refractivity contribution in [1.29, 1.82) is 0 Å². The fourth-order valence-corrected chi connectivity index (χ4v) is 2.40. The summed E-state index contributed by atoms with van der Waals surface area (Å²) in [7, 11) is 0. The minimum absolute atomic E-state index is 0.456. The van der Waals surface area contributed by atoms with Crippen molar-refractivity contribution in [3.63, 3.8) is 0 Å². The molecule has 0 atom stereocenters. The average molecular weight is 196 g/mol. The van der Waals surface area contributed by atoms with Gasteiger partial charge in [0, 0.05) is 15.3 Å². The summed E-state index contributed by atoms with van der Waals surface area (Å²) >= 11 is 1.77. The van der Waals surface area contributed by atoms with E-state index in [1.807, 2.05) is 6.07 Å². The predicted octanol–water partition coefficient (Wildman–Crippen LogP) is 3.81. The zero-order chi connectivity index (χ0) is 10.0. The number of hydrogen-bond acceptors (Lipinski definition) is 2. The van der Waals surface area contributed by atoms with Gasteiger partial charge in [0.25, 0.3) is 0 Å². The second-order valence-corrected chi connectivity index (χ2v) is 5.01. The van der Waals surface area contributed by atoms with Crippen LogP contribution in [0, 0.1) is 0 Å². The molecule has 0 aliphatic rings. The first kappa shape index (κ1) is 10.5. The van der Waals surface area contributed by atoms with Crippen LogP contribution >= 0.6 is 11.3 Å². The van der Waals surface area contributed by atoms with Crippen LogP contribution in [0.3, 0.4) is 0 Å². The summed E-state index contributed by atoms with van der Waals surface area (Å²) in [5, 5.41) is 0. The zero-order valence-corrected chi connectivity index (χ0v) is 9.44. The summed E-state index contributed by atoms with van der Waals surface area (Å²) in [5.41, 5.74) is 0.878. The molecule has 0 radical (unpaired) electrons. The number of aldehydes is 1. The summed E-state index contributed by atoms with van der Waals surface area (Å²) in [6.07, 6.45) is 0.970. The van der Waals surface area contributed by atoms with Crippen LogP contribution in [0.1, 0.15) is 59.6 Å². The molecule has 0 spiro atoms. The first-order chi connectivity index (χ1) is 6.06. The molecule has 0 aromatic carbocycles. The zero-order valence-electron chi connectivity index (χ0n) is 8.63. The van der Waals surface area contributed by atoms with Gasteiger partial charge in [-0.25, -0.2) is 0 Å². The molecule has 1 heterocycles. The highest BCUT2D eigenvalue weighted by atomic mass is 32.1. The van der Waals surface area contributed by atoms with Crippen LogP contribution in [0.25, 0.3) is 0 Å². The Labute approximate surface area is 83.8 Å². The number of rotatable bonds is 3. The van der Waals surface area contributed by atoms with Crippen LogP contribution in [0.4, 0.5) is 0 Å². The number of carbonyl (C=O) groups excluding carboxylic acids is 1. The number of thiophene rings is 1. The molecule has 13 heavy (non-hydrogen) atoms. The van der Waals surface area contributed by atoms with E-state index in [4.69, 9.17) is 0 Å². The summed E-state index contributed by atoms with van der Waals surface area (Å²) < 4.78 is 0. The Kier molecular flexibility index (Phi) is 3.26. The van der Waals surface area contributed by atoms with Crippen molar-refractivity contribution in [3.05, 3.63) is 21.4 Å². The molecule has 0 aliphatic carbocycles. The Balaban J connectivity index is 3.11. The Morgan fingerprint density at radius 2 is 1.85 bits per heavy atom. The van der Waals surface area contributed by atoms with Crippen molar-refractivity contribution < 1.29 is 4.79 Å². The monoisotopic (exact) mass is 196 g/mol. The third-order valence-corrected chi connectivity index (χ3v) is 3.78. The maximum Gasteiger partial charge on any atom is 0.151 e. The highest BCUT2D eigenvalue weighted by Crippen LogP contribution is 2.32. The SMILES string of the molecule is CC(C)c1cc(C=O)c(C(C)C)s1. The molecule has 1 aromatic rings. The minimum Gasteiger partial charge on any atom is -0.298 e. The van der Waals surface area contributed by atoms with Crippen LogP contribution in [0.2, 0.25) is 0 Å². The maximum absolute atomic E-state index is 10.8. The lowest BCUT2D eigenvalue weighted by molar-refractivity contribution is 0.112. The summed E-state index contributed by atoms with van der Waals surface area (Å²) in [5.74, 6) is 0.980. The molecule has 1 aromatic heterocycles. The predicted molar refractivity (Wildman–Crippen MR) is 57.9 cm³/mol. The highest BCUT2D eigenvalue weighted by Gasteiger charge is 2.12. The molecule has 0 fully saturated rings. The van der Waals surface area contributed by atoms with Gasteiger partial charge in [-0.1, -0.05) is 27.7 Å². The van der Waals surface area contributed by atoms with Crippen LogP contribution in [-0.2, 0) is 0 Å². The van der Waals surface area contributed by atoms with E-state index >= 15 is 0 Å². The highest BCUT2D eigenvalue weighted by molar-refractivity contribution is 7.12. The van der Waals surface area contributed by atoms with Gasteiger partial charge in [-0.2, -0.15) is 0 Å². The maximum atomic E-state index is 10.8. The van der Waals surface area contributed by atoms with Gasteiger partial charge >= 0.3 is 0 Å². The van der Waals surface area contributed by atoms with E-state index in [9.17, 15) is 4.79 Å². The van der Waals surface area contributed by atoms with Crippen LogP contribution in [0.5, 0.6) is 0 Å². The van der Waals surface area contributed by atoms with Crippen molar-refractivity contribution in [2.45, 2.75) is 39.5 Å². The first-order valence-corrected chi connectivity index (χ1v) is 5.46. The lowest BCUT2D eigenvalue weighted by Crippen LogP contribution is -1.86. The van der Waals surface area contributed by atoms with Gasteiger partial charge in [0.1, 0.15) is 0 Å². The summed E-state index contributed by atoms with van der Waals surface area (Å²) in [6.45, 7) is 8.57. The van der Waals surface area contributed by atoms with Crippen molar-refractivity contribution in [2.24, 2.45) is 0 Å². The third kappa shape index (κ3) is 2.19. The van der Waals surface area contributed by atoms with Crippen molar-refractivity contribution in [1.82, 2.24) is 0 Å². The molecule has 0 N–H and O–H groups in total. The Bertz CT molecular complexity index is 297.